The van der Waals surface area contributed by atoms with Crippen LogP contribution in [0, 0.1) is 6.92 Å². The number of hydrogen-bond acceptors (Lipinski definition) is 2. The van der Waals surface area contributed by atoms with E-state index in [1.807, 2.05) is 12.1 Å². The van der Waals surface area contributed by atoms with Gasteiger partial charge in [0.25, 0.3) is 0 Å². The standard InChI is InChI=1S/C45H31N3/c1-30-13-11-22-42(46-30)37-27-35(26-36(28-37)41-29-33-16-5-6-19-38(33)39-20-7-8-21-40(39)41)32-17-12-18-34(25-32)45-44(31-14-3-2-4-15-31)47-43-23-9-10-24-48(43)45/h2-29H,1H3. The van der Waals surface area contributed by atoms with Crippen LogP contribution in [0.3, 0.4) is 0 Å². The smallest absolute Gasteiger partial charge is 0.137 e. The second-order valence-electron chi connectivity index (χ2n) is 12.3. The van der Waals surface area contributed by atoms with E-state index in [9.17, 15) is 0 Å². The van der Waals surface area contributed by atoms with E-state index < -0.39 is 0 Å². The van der Waals surface area contributed by atoms with E-state index in [4.69, 9.17) is 9.97 Å². The Bertz CT molecular complexity index is 2630. The molecule has 226 valence electrons. The van der Waals surface area contributed by atoms with Gasteiger partial charge in [0.2, 0.25) is 0 Å². The van der Waals surface area contributed by atoms with Crippen LogP contribution < -0.4 is 0 Å². The third kappa shape index (κ3) is 4.85. The Balaban J connectivity index is 1.28. The Morgan fingerprint density at radius 3 is 1.98 bits per heavy atom. The first-order valence-electron chi connectivity index (χ1n) is 16.3. The molecule has 0 N–H and O–H groups in total. The molecule has 9 aromatic rings. The predicted molar refractivity (Wildman–Crippen MR) is 200 cm³/mol. The summed E-state index contributed by atoms with van der Waals surface area (Å²) in [5.41, 5.74) is 12.9. The average Bonchev–Trinajstić information content (AvgIpc) is 3.55. The molecule has 0 aliphatic rings. The molecular weight excluding hydrogens is 583 g/mol. The Hall–Kier alpha value is -6.32. The molecule has 0 aliphatic carbocycles. The van der Waals surface area contributed by atoms with Gasteiger partial charge in [0, 0.05) is 28.6 Å². The largest absolute Gasteiger partial charge is 0.299 e. The molecule has 0 radical (unpaired) electrons. The van der Waals surface area contributed by atoms with E-state index in [0.29, 0.717) is 0 Å². The van der Waals surface area contributed by atoms with Crippen molar-refractivity contribution in [3.8, 4) is 56.0 Å². The van der Waals surface area contributed by atoms with Crippen molar-refractivity contribution in [3.05, 3.63) is 176 Å². The van der Waals surface area contributed by atoms with Crippen molar-refractivity contribution in [2.45, 2.75) is 6.92 Å². The number of pyridine rings is 2. The molecule has 0 amide bonds. The zero-order valence-corrected chi connectivity index (χ0v) is 26.5. The first-order valence-corrected chi connectivity index (χ1v) is 16.3. The maximum atomic E-state index is 5.09. The lowest BCUT2D eigenvalue weighted by molar-refractivity contribution is 1.19. The highest BCUT2D eigenvalue weighted by Gasteiger charge is 2.17. The minimum absolute atomic E-state index is 0.926. The van der Waals surface area contributed by atoms with Gasteiger partial charge in [0.1, 0.15) is 5.65 Å². The number of fused-ring (bicyclic) bond motifs is 4. The zero-order valence-electron chi connectivity index (χ0n) is 26.5. The second-order valence-corrected chi connectivity index (χ2v) is 12.3. The maximum absolute atomic E-state index is 5.09. The van der Waals surface area contributed by atoms with Gasteiger partial charge in [-0.05, 0) is 105 Å². The van der Waals surface area contributed by atoms with E-state index >= 15 is 0 Å². The van der Waals surface area contributed by atoms with Crippen molar-refractivity contribution in [2.75, 3.05) is 0 Å². The van der Waals surface area contributed by atoms with Crippen LogP contribution in [-0.4, -0.2) is 14.4 Å². The summed E-state index contributed by atoms with van der Waals surface area (Å²) in [6.07, 6.45) is 2.10. The van der Waals surface area contributed by atoms with Crippen LogP contribution in [0.25, 0.3) is 83.2 Å². The third-order valence-corrected chi connectivity index (χ3v) is 9.24. The molecule has 48 heavy (non-hydrogen) atoms. The summed E-state index contributed by atoms with van der Waals surface area (Å²) in [4.78, 5) is 10.0. The van der Waals surface area contributed by atoms with E-state index in [2.05, 4.69) is 169 Å². The molecule has 3 nitrogen and oxygen atoms in total. The second kappa shape index (κ2) is 11.5. The number of benzene rings is 6. The van der Waals surface area contributed by atoms with Crippen molar-refractivity contribution in [1.29, 1.82) is 0 Å². The van der Waals surface area contributed by atoms with Gasteiger partial charge in [-0.1, -0.05) is 109 Å². The van der Waals surface area contributed by atoms with Crippen LogP contribution in [0.5, 0.6) is 0 Å². The fourth-order valence-electron chi connectivity index (χ4n) is 7.01. The monoisotopic (exact) mass is 613 g/mol. The summed E-state index contributed by atoms with van der Waals surface area (Å²) in [5, 5.41) is 5.00. The van der Waals surface area contributed by atoms with E-state index in [0.717, 1.165) is 61.8 Å². The highest BCUT2D eigenvalue weighted by Crippen LogP contribution is 2.40. The lowest BCUT2D eigenvalue weighted by Gasteiger charge is -2.15. The average molecular weight is 614 g/mol. The predicted octanol–water partition coefficient (Wildman–Crippen LogP) is 11.7. The molecule has 9 rings (SSSR count). The van der Waals surface area contributed by atoms with Gasteiger partial charge in [-0.3, -0.25) is 9.38 Å². The van der Waals surface area contributed by atoms with Gasteiger partial charge in [-0.15, -0.1) is 0 Å². The van der Waals surface area contributed by atoms with Crippen LogP contribution in [0.1, 0.15) is 5.69 Å². The van der Waals surface area contributed by atoms with Crippen LogP contribution in [0.2, 0.25) is 0 Å². The minimum Gasteiger partial charge on any atom is -0.299 e. The summed E-state index contributed by atoms with van der Waals surface area (Å²) < 4.78 is 2.20. The van der Waals surface area contributed by atoms with Gasteiger partial charge in [-0.25, -0.2) is 4.98 Å². The fraction of sp³-hybridized carbons (Fsp3) is 0.0222. The lowest BCUT2D eigenvalue weighted by atomic mass is 9.89. The van der Waals surface area contributed by atoms with Gasteiger partial charge < -0.3 is 0 Å². The highest BCUT2D eigenvalue weighted by molar-refractivity contribution is 6.14. The van der Waals surface area contributed by atoms with Crippen molar-refractivity contribution in [1.82, 2.24) is 14.4 Å². The van der Waals surface area contributed by atoms with Crippen LogP contribution in [0.4, 0.5) is 0 Å². The molecule has 0 saturated heterocycles. The zero-order chi connectivity index (χ0) is 32.0. The Kier molecular flexibility index (Phi) is 6.69. The molecule has 0 unspecified atom stereocenters. The van der Waals surface area contributed by atoms with Crippen LogP contribution >= 0.6 is 0 Å². The molecule has 0 spiro atoms. The Labute approximate surface area is 279 Å². The van der Waals surface area contributed by atoms with Crippen LogP contribution in [0.15, 0.2) is 170 Å². The molecule has 0 saturated carbocycles. The van der Waals surface area contributed by atoms with E-state index in [1.165, 1.54) is 27.1 Å². The molecule has 3 heteroatoms. The molecule has 3 heterocycles. The fourth-order valence-corrected chi connectivity index (χ4v) is 7.01. The molecule has 6 aromatic carbocycles. The minimum atomic E-state index is 0.926. The topological polar surface area (TPSA) is 30.2 Å². The molecule has 0 aliphatic heterocycles. The first kappa shape index (κ1) is 27.9. The number of aromatic nitrogens is 3. The summed E-state index contributed by atoms with van der Waals surface area (Å²) >= 11 is 0. The third-order valence-electron chi connectivity index (χ3n) is 9.24. The normalized spacial score (nSPS) is 11.4. The first-order chi connectivity index (χ1) is 23.7. The molecule has 0 fully saturated rings. The van der Waals surface area contributed by atoms with Gasteiger partial charge in [0.05, 0.1) is 17.1 Å². The summed E-state index contributed by atoms with van der Waals surface area (Å²) in [6, 6.07) is 58.4. The number of aryl methyl sites for hydroxylation is 1. The Morgan fingerprint density at radius 1 is 0.438 bits per heavy atom. The quantitative estimate of drug-likeness (QED) is 0.181. The van der Waals surface area contributed by atoms with Gasteiger partial charge >= 0.3 is 0 Å². The van der Waals surface area contributed by atoms with Crippen molar-refractivity contribution in [3.63, 3.8) is 0 Å². The van der Waals surface area contributed by atoms with E-state index in [-0.39, 0.29) is 0 Å². The summed E-state index contributed by atoms with van der Waals surface area (Å²) in [7, 11) is 0. The molecule has 0 bridgehead atoms. The van der Waals surface area contributed by atoms with Crippen LogP contribution in [-0.2, 0) is 0 Å². The number of hydrogen-bond donors (Lipinski definition) is 0. The van der Waals surface area contributed by atoms with Gasteiger partial charge in [0.15, 0.2) is 0 Å². The highest BCUT2D eigenvalue weighted by atomic mass is 15.0. The maximum Gasteiger partial charge on any atom is 0.137 e. The molecule has 3 aromatic heterocycles. The SMILES string of the molecule is Cc1cccc(-c2cc(-c3cccc(-c4c(-c5ccccc5)nc5ccccn45)c3)cc(-c3cc4ccccc4c4ccccc34)c2)n1. The summed E-state index contributed by atoms with van der Waals surface area (Å²) in [5.74, 6) is 0. The molecule has 0 atom stereocenters. The number of nitrogens with zero attached hydrogens (tertiary/aromatic N) is 3. The Morgan fingerprint density at radius 2 is 1.10 bits per heavy atom. The van der Waals surface area contributed by atoms with Crippen molar-refractivity contribution >= 4 is 27.2 Å². The molecular formula is C45H31N3. The number of imidazole rings is 1. The van der Waals surface area contributed by atoms with E-state index in [1.54, 1.807) is 0 Å². The lowest BCUT2D eigenvalue weighted by Crippen LogP contribution is -1.92. The summed E-state index contributed by atoms with van der Waals surface area (Å²) in [6.45, 7) is 2.05. The number of rotatable bonds is 5. The van der Waals surface area contributed by atoms with Gasteiger partial charge in [-0.2, -0.15) is 0 Å². The van der Waals surface area contributed by atoms with Crippen molar-refractivity contribution in [2.24, 2.45) is 0 Å². The van der Waals surface area contributed by atoms with Crippen molar-refractivity contribution < 1.29 is 0 Å².